The van der Waals surface area contributed by atoms with Gasteiger partial charge in [-0.2, -0.15) is 0 Å². The van der Waals surface area contributed by atoms with Gasteiger partial charge in [0.2, 0.25) is 0 Å². The van der Waals surface area contributed by atoms with Gasteiger partial charge in [0.1, 0.15) is 0 Å². The third kappa shape index (κ3) is 6.22. The molecule has 106 valence electrons. The summed E-state index contributed by atoms with van der Waals surface area (Å²) in [5.41, 5.74) is 1.49. The summed E-state index contributed by atoms with van der Waals surface area (Å²) in [7, 11) is 0. The first kappa shape index (κ1) is 14.5. The molecule has 0 aromatic heterocycles. The summed E-state index contributed by atoms with van der Waals surface area (Å²) in [5, 5.41) is 3.46. The minimum absolute atomic E-state index is 1.17. The van der Waals surface area contributed by atoms with Gasteiger partial charge in [-0.1, -0.05) is 43.2 Å². The largest absolute Gasteiger partial charge is 0.315 e. The maximum Gasteiger partial charge on any atom is 0.0107 e. The van der Waals surface area contributed by atoms with E-state index in [0.29, 0.717) is 0 Å². The van der Waals surface area contributed by atoms with Crippen molar-refractivity contribution in [1.82, 2.24) is 10.2 Å². The zero-order chi connectivity index (χ0) is 13.2. The molecule has 2 nitrogen and oxygen atoms in total. The fourth-order valence-corrected chi connectivity index (χ4v) is 2.79. The minimum Gasteiger partial charge on any atom is -0.315 e. The van der Waals surface area contributed by atoms with Gasteiger partial charge in [0.05, 0.1) is 0 Å². The zero-order valence-electron chi connectivity index (χ0n) is 12.1. The maximum atomic E-state index is 3.46. The molecule has 1 saturated heterocycles. The van der Waals surface area contributed by atoms with E-state index >= 15 is 0 Å². The molecule has 0 radical (unpaired) electrons. The van der Waals surface area contributed by atoms with Gasteiger partial charge in [-0.25, -0.2) is 0 Å². The number of nitrogens with one attached hydrogen (secondary N) is 1. The highest BCUT2D eigenvalue weighted by Crippen LogP contribution is 2.08. The number of rotatable bonds is 7. The van der Waals surface area contributed by atoms with Crippen LogP contribution >= 0.6 is 0 Å². The van der Waals surface area contributed by atoms with Crippen molar-refractivity contribution in [2.45, 2.75) is 38.5 Å². The van der Waals surface area contributed by atoms with Gasteiger partial charge in [-0.05, 0) is 50.9 Å². The third-order valence-electron chi connectivity index (χ3n) is 3.97. The smallest absolute Gasteiger partial charge is 0.0107 e. The molecule has 1 heterocycles. The van der Waals surface area contributed by atoms with Crippen LogP contribution in [0.2, 0.25) is 0 Å². The quantitative estimate of drug-likeness (QED) is 0.758. The Bertz CT molecular complexity index is 315. The number of unbranched alkanes of at least 4 members (excludes halogenated alkanes) is 3. The molecule has 2 heteroatoms. The number of hydrogen-bond acceptors (Lipinski definition) is 2. The lowest BCUT2D eigenvalue weighted by Crippen LogP contribution is -2.29. The van der Waals surface area contributed by atoms with Crippen LogP contribution in [0.15, 0.2) is 30.3 Å². The second kappa shape index (κ2) is 9.11. The van der Waals surface area contributed by atoms with Crippen molar-refractivity contribution in [2.24, 2.45) is 0 Å². The molecule has 1 fully saturated rings. The first-order chi connectivity index (χ1) is 9.45. The average molecular weight is 260 g/mol. The predicted molar refractivity (Wildman–Crippen MR) is 82.5 cm³/mol. The Hall–Kier alpha value is -0.860. The van der Waals surface area contributed by atoms with Gasteiger partial charge in [0.15, 0.2) is 0 Å². The Kier molecular flexibility index (Phi) is 6.97. The van der Waals surface area contributed by atoms with Crippen LogP contribution in [0.4, 0.5) is 0 Å². The number of hydrogen-bond donors (Lipinski definition) is 1. The van der Waals surface area contributed by atoms with Crippen LogP contribution in [0.3, 0.4) is 0 Å². The Morgan fingerprint density at radius 3 is 2.63 bits per heavy atom. The Labute approximate surface area is 118 Å². The molecule has 0 atom stereocenters. The van der Waals surface area contributed by atoms with Crippen LogP contribution in [0.5, 0.6) is 0 Å². The van der Waals surface area contributed by atoms with Crippen LogP contribution in [0.1, 0.15) is 37.7 Å². The highest BCUT2D eigenvalue weighted by atomic mass is 15.1. The van der Waals surface area contributed by atoms with E-state index in [9.17, 15) is 0 Å². The Balaban J connectivity index is 1.48. The first-order valence-electron chi connectivity index (χ1n) is 7.92. The summed E-state index contributed by atoms with van der Waals surface area (Å²) >= 11 is 0. The molecule has 1 aliphatic heterocycles. The first-order valence-corrected chi connectivity index (χ1v) is 7.92. The third-order valence-corrected chi connectivity index (χ3v) is 3.97. The van der Waals surface area contributed by atoms with E-state index in [2.05, 4.69) is 40.5 Å². The molecular formula is C17H28N2. The zero-order valence-corrected chi connectivity index (χ0v) is 12.1. The van der Waals surface area contributed by atoms with Gasteiger partial charge >= 0.3 is 0 Å². The molecule has 0 bridgehead atoms. The SMILES string of the molecule is c1ccc(CCCCCCN2CCCNCC2)cc1. The van der Waals surface area contributed by atoms with Gasteiger partial charge in [0, 0.05) is 13.1 Å². The topological polar surface area (TPSA) is 15.3 Å². The van der Waals surface area contributed by atoms with E-state index in [0.717, 1.165) is 0 Å². The molecule has 0 unspecified atom stereocenters. The summed E-state index contributed by atoms with van der Waals surface area (Å²) in [5.74, 6) is 0. The summed E-state index contributed by atoms with van der Waals surface area (Å²) in [6.07, 6.45) is 8.03. The summed E-state index contributed by atoms with van der Waals surface area (Å²) in [6.45, 7) is 6.20. The van der Waals surface area contributed by atoms with Crippen molar-refractivity contribution in [3.8, 4) is 0 Å². The molecule has 0 amide bonds. The van der Waals surface area contributed by atoms with Crippen LogP contribution in [0.25, 0.3) is 0 Å². The molecule has 19 heavy (non-hydrogen) atoms. The molecular weight excluding hydrogens is 232 g/mol. The fraction of sp³-hybridized carbons (Fsp3) is 0.647. The van der Waals surface area contributed by atoms with Gasteiger partial charge in [-0.3, -0.25) is 0 Å². The molecule has 1 aromatic carbocycles. The molecule has 0 aliphatic carbocycles. The molecule has 2 rings (SSSR count). The van der Waals surface area contributed by atoms with Crippen LogP contribution in [0, 0.1) is 0 Å². The van der Waals surface area contributed by atoms with E-state index in [1.807, 2.05) is 0 Å². The van der Waals surface area contributed by atoms with Crippen molar-refractivity contribution in [2.75, 3.05) is 32.7 Å². The van der Waals surface area contributed by atoms with Crippen molar-refractivity contribution in [1.29, 1.82) is 0 Å². The van der Waals surface area contributed by atoms with Gasteiger partial charge in [-0.15, -0.1) is 0 Å². The summed E-state index contributed by atoms with van der Waals surface area (Å²) < 4.78 is 0. The molecule has 1 N–H and O–H groups in total. The van der Waals surface area contributed by atoms with Gasteiger partial charge in [0.25, 0.3) is 0 Å². The summed E-state index contributed by atoms with van der Waals surface area (Å²) in [6, 6.07) is 10.9. The average Bonchev–Trinajstić information content (AvgIpc) is 2.72. The van der Waals surface area contributed by atoms with Crippen molar-refractivity contribution in [3.63, 3.8) is 0 Å². The van der Waals surface area contributed by atoms with Crippen LogP contribution in [-0.2, 0) is 6.42 Å². The van der Waals surface area contributed by atoms with Crippen molar-refractivity contribution < 1.29 is 0 Å². The van der Waals surface area contributed by atoms with E-state index in [4.69, 9.17) is 0 Å². The van der Waals surface area contributed by atoms with E-state index in [-0.39, 0.29) is 0 Å². The number of aryl methyl sites for hydroxylation is 1. The van der Waals surface area contributed by atoms with Crippen LogP contribution < -0.4 is 5.32 Å². The number of nitrogens with zero attached hydrogens (tertiary/aromatic N) is 1. The summed E-state index contributed by atoms with van der Waals surface area (Å²) in [4.78, 5) is 2.62. The van der Waals surface area contributed by atoms with Gasteiger partial charge < -0.3 is 10.2 Å². The predicted octanol–water partition coefficient (Wildman–Crippen LogP) is 3.08. The van der Waals surface area contributed by atoms with E-state index < -0.39 is 0 Å². The van der Waals surface area contributed by atoms with Crippen LogP contribution in [-0.4, -0.2) is 37.6 Å². The standard InChI is InChI=1S/C17H28N2/c1(4-9-17-10-5-3-6-11-17)2-7-14-19-15-8-12-18-13-16-19/h3,5-6,10-11,18H,1-2,4,7-9,12-16H2. The molecule has 1 aromatic rings. The lowest BCUT2D eigenvalue weighted by molar-refractivity contribution is 0.285. The lowest BCUT2D eigenvalue weighted by Gasteiger charge is -2.18. The minimum atomic E-state index is 1.17. The fourth-order valence-electron chi connectivity index (χ4n) is 2.79. The molecule has 0 saturated carbocycles. The Morgan fingerprint density at radius 1 is 0.895 bits per heavy atom. The normalized spacial score (nSPS) is 17.3. The lowest BCUT2D eigenvalue weighted by atomic mass is 10.1. The second-order valence-corrected chi connectivity index (χ2v) is 5.60. The second-order valence-electron chi connectivity index (χ2n) is 5.60. The monoisotopic (exact) mass is 260 g/mol. The van der Waals surface area contributed by atoms with E-state index in [1.165, 1.54) is 76.8 Å². The number of benzene rings is 1. The highest BCUT2D eigenvalue weighted by molar-refractivity contribution is 5.14. The molecule has 1 aliphatic rings. The Morgan fingerprint density at radius 2 is 1.74 bits per heavy atom. The highest BCUT2D eigenvalue weighted by Gasteiger charge is 2.07. The maximum absolute atomic E-state index is 3.46. The van der Waals surface area contributed by atoms with E-state index in [1.54, 1.807) is 0 Å². The molecule has 0 spiro atoms. The van der Waals surface area contributed by atoms with Crippen molar-refractivity contribution >= 4 is 0 Å². The van der Waals surface area contributed by atoms with Crippen molar-refractivity contribution in [3.05, 3.63) is 35.9 Å².